The van der Waals surface area contributed by atoms with Gasteiger partial charge < -0.3 is 10.1 Å². The van der Waals surface area contributed by atoms with Gasteiger partial charge in [-0.2, -0.15) is 0 Å². The van der Waals surface area contributed by atoms with E-state index >= 15 is 0 Å². The molecule has 0 aliphatic carbocycles. The van der Waals surface area contributed by atoms with E-state index in [1.54, 1.807) is 0 Å². The predicted octanol–water partition coefficient (Wildman–Crippen LogP) is 3.74. The van der Waals surface area contributed by atoms with Crippen molar-refractivity contribution < 1.29 is 13.5 Å². The van der Waals surface area contributed by atoms with E-state index in [1.165, 1.54) is 6.33 Å². The summed E-state index contributed by atoms with van der Waals surface area (Å²) >= 11 is 3.28. The summed E-state index contributed by atoms with van der Waals surface area (Å²) in [6.45, 7) is 2.58. The Hall–Kier alpha value is -1.76. The molecule has 0 bridgehead atoms. The third-order valence-corrected chi connectivity index (χ3v) is 2.87. The lowest BCUT2D eigenvalue weighted by Gasteiger charge is -2.10. The summed E-state index contributed by atoms with van der Waals surface area (Å²) in [6, 6.07) is 2.92. The molecule has 0 unspecified atom stereocenters. The zero-order valence-electron chi connectivity index (χ0n) is 9.95. The van der Waals surface area contributed by atoms with Crippen LogP contribution in [0.15, 0.2) is 29.0 Å². The Morgan fingerprint density at radius 1 is 1.21 bits per heavy atom. The molecule has 2 aromatic rings. The van der Waals surface area contributed by atoms with Crippen molar-refractivity contribution >= 4 is 21.7 Å². The van der Waals surface area contributed by atoms with Gasteiger partial charge in [0.15, 0.2) is 0 Å². The van der Waals surface area contributed by atoms with Gasteiger partial charge in [0.1, 0.15) is 34.0 Å². The molecule has 1 aromatic heterocycles. The van der Waals surface area contributed by atoms with Gasteiger partial charge in [-0.1, -0.05) is 0 Å². The topological polar surface area (TPSA) is 47.0 Å². The Balaban J connectivity index is 2.30. The number of halogens is 3. The molecule has 0 saturated carbocycles. The smallest absolute Gasteiger partial charge is 0.238 e. The number of nitrogens with zero attached hydrogens (tertiary/aromatic N) is 2. The maximum atomic E-state index is 13.1. The Morgan fingerprint density at radius 3 is 2.53 bits per heavy atom. The largest absolute Gasteiger partial charge is 0.437 e. The second kappa shape index (κ2) is 5.92. The number of benzene rings is 1. The highest BCUT2D eigenvalue weighted by atomic mass is 79.9. The van der Waals surface area contributed by atoms with Crippen LogP contribution < -0.4 is 10.1 Å². The van der Waals surface area contributed by atoms with E-state index in [-0.39, 0.29) is 11.6 Å². The fraction of sp³-hybridized carbons (Fsp3) is 0.167. The lowest BCUT2D eigenvalue weighted by atomic mass is 10.3. The van der Waals surface area contributed by atoms with Crippen LogP contribution in [0.2, 0.25) is 0 Å². The maximum Gasteiger partial charge on any atom is 0.238 e. The molecule has 19 heavy (non-hydrogen) atoms. The number of rotatable bonds is 4. The van der Waals surface area contributed by atoms with Crippen LogP contribution in [0.3, 0.4) is 0 Å². The van der Waals surface area contributed by atoms with Crippen LogP contribution >= 0.6 is 15.9 Å². The van der Waals surface area contributed by atoms with Gasteiger partial charge in [-0.15, -0.1) is 0 Å². The molecule has 0 atom stereocenters. The zero-order valence-corrected chi connectivity index (χ0v) is 11.5. The predicted molar refractivity (Wildman–Crippen MR) is 70.3 cm³/mol. The molecule has 0 spiro atoms. The summed E-state index contributed by atoms with van der Waals surface area (Å²) in [4.78, 5) is 7.92. The van der Waals surface area contributed by atoms with Crippen molar-refractivity contribution in [3.63, 3.8) is 0 Å². The van der Waals surface area contributed by atoms with Gasteiger partial charge in [0.05, 0.1) is 0 Å². The van der Waals surface area contributed by atoms with Gasteiger partial charge in [0, 0.05) is 24.7 Å². The minimum Gasteiger partial charge on any atom is -0.437 e. The monoisotopic (exact) mass is 329 g/mol. The summed E-state index contributed by atoms with van der Waals surface area (Å²) in [6.07, 6.45) is 1.30. The van der Waals surface area contributed by atoms with Crippen LogP contribution in [0, 0.1) is 11.6 Å². The van der Waals surface area contributed by atoms with Crippen molar-refractivity contribution in [3.8, 4) is 11.6 Å². The Bertz CT molecular complexity index is 575. The average Bonchev–Trinajstić information content (AvgIpc) is 2.33. The van der Waals surface area contributed by atoms with E-state index in [4.69, 9.17) is 4.74 Å². The van der Waals surface area contributed by atoms with E-state index in [0.717, 1.165) is 18.2 Å². The maximum absolute atomic E-state index is 13.1. The highest BCUT2D eigenvalue weighted by Crippen LogP contribution is 2.32. The lowest BCUT2D eigenvalue weighted by Crippen LogP contribution is -2.02. The Labute approximate surface area is 117 Å². The number of nitrogens with one attached hydrogen (secondary N) is 1. The number of hydrogen-bond acceptors (Lipinski definition) is 4. The first-order valence-electron chi connectivity index (χ1n) is 5.48. The fourth-order valence-corrected chi connectivity index (χ4v) is 1.84. The van der Waals surface area contributed by atoms with Crippen molar-refractivity contribution in [1.29, 1.82) is 0 Å². The van der Waals surface area contributed by atoms with E-state index in [0.29, 0.717) is 16.8 Å². The van der Waals surface area contributed by atoms with E-state index in [9.17, 15) is 8.78 Å². The van der Waals surface area contributed by atoms with Crippen molar-refractivity contribution in [2.24, 2.45) is 0 Å². The van der Waals surface area contributed by atoms with E-state index < -0.39 is 11.6 Å². The highest BCUT2D eigenvalue weighted by Gasteiger charge is 2.11. The molecule has 7 heteroatoms. The molecule has 100 valence electrons. The molecular weight excluding hydrogens is 320 g/mol. The molecule has 0 saturated heterocycles. The van der Waals surface area contributed by atoms with Gasteiger partial charge in [-0.05, 0) is 22.9 Å². The molecule has 0 radical (unpaired) electrons. The molecule has 1 aromatic carbocycles. The van der Waals surface area contributed by atoms with Crippen molar-refractivity contribution in [1.82, 2.24) is 9.97 Å². The van der Waals surface area contributed by atoms with Gasteiger partial charge >= 0.3 is 0 Å². The van der Waals surface area contributed by atoms with Crippen LogP contribution in [0.1, 0.15) is 6.92 Å². The molecule has 0 aliphatic rings. The standard InChI is InChI=1S/C12H10BrF2N3O/c1-2-16-11-10(13)12(18-6-17-11)19-9-4-7(14)3-8(15)5-9/h3-6H,2H2,1H3,(H,16,17,18). The van der Waals surface area contributed by atoms with E-state index in [1.807, 2.05) is 6.92 Å². The van der Waals surface area contributed by atoms with Crippen molar-refractivity contribution in [2.75, 3.05) is 11.9 Å². The number of hydrogen-bond donors (Lipinski definition) is 1. The highest BCUT2D eigenvalue weighted by molar-refractivity contribution is 9.10. The second-order valence-electron chi connectivity index (χ2n) is 3.58. The molecule has 4 nitrogen and oxygen atoms in total. The van der Waals surface area contributed by atoms with Crippen LogP contribution in [-0.4, -0.2) is 16.5 Å². The first-order valence-corrected chi connectivity index (χ1v) is 6.27. The van der Waals surface area contributed by atoms with Crippen LogP contribution in [0.5, 0.6) is 11.6 Å². The summed E-state index contributed by atoms with van der Waals surface area (Å²) < 4.78 is 31.9. The minimum absolute atomic E-state index is 0.0272. The normalized spacial score (nSPS) is 10.3. The minimum atomic E-state index is -0.716. The van der Waals surface area contributed by atoms with Crippen LogP contribution in [0.25, 0.3) is 0 Å². The van der Waals surface area contributed by atoms with Crippen molar-refractivity contribution in [2.45, 2.75) is 6.92 Å². The number of ether oxygens (including phenoxy) is 1. The number of aromatic nitrogens is 2. The third-order valence-electron chi connectivity index (χ3n) is 2.15. The molecule has 0 fully saturated rings. The number of anilines is 1. The molecule has 0 aliphatic heterocycles. The summed E-state index contributed by atoms with van der Waals surface area (Å²) in [5, 5.41) is 3.00. The summed E-state index contributed by atoms with van der Waals surface area (Å²) in [7, 11) is 0. The second-order valence-corrected chi connectivity index (χ2v) is 4.37. The quantitative estimate of drug-likeness (QED) is 0.928. The first kappa shape index (κ1) is 13.7. The lowest BCUT2D eigenvalue weighted by molar-refractivity contribution is 0.447. The Morgan fingerprint density at radius 2 is 1.89 bits per heavy atom. The molecule has 2 rings (SSSR count). The molecule has 1 heterocycles. The Kier molecular flexibility index (Phi) is 4.26. The SMILES string of the molecule is CCNc1ncnc(Oc2cc(F)cc(F)c2)c1Br. The van der Waals surface area contributed by atoms with Gasteiger partial charge in [0.2, 0.25) is 5.88 Å². The molecule has 1 N–H and O–H groups in total. The first-order chi connectivity index (χ1) is 9.10. The van der Waals surface area contributed by atoms with Crippen LogP contribution in [-0.2, 0) is 0 Å². The van der Waals surface area contributed by atoms with Crippen LogP contribution in [0.4, 0.5) is 14.6 Å². The summed E-state index contributed by atoms with van der Waals surface area (Å²) in [5.41, 5.74) is 0. The van der Waals surface area contributed by atoms with Gasteiger partial charge in [0.25, 0.3) is 0 Å². The van der Waals surface area contributed by atoms with Gasteiger partial charge in [-0.25, -0.2) is 18.7 Å². The van der Waals surface area contributed by atoms with Gasteiger partial charge in [-0.3, -0.25) is 0 Å². The molecular formula is C12H10BrF2N3O. The van der Waals surface area contributed by atoms with E-state index in [2.05, 4.69) is 31.2 Å². The zero-order chi connectivity index (χ0) is 13.8. The average molecular weight is 330 g/mol. The van der Waals surface area contributed by atoms with Crippen molar-refractivity contribution in [3.05, 3.63) is 40.6 Å². The third kappa shape index (κ3) is 3.37. The fourth-order valence-electron chi connectivity index (χ4n) is 1.41. The molecule has 0 amide bonds. The summed E-state index contributed by atoms with van der Waals surface area (Å²) in [5.74, 6) is -0.682.